The molecular weight excluding hydrogens is 244 g/mol. The minimum atomic E-state index is -1.06. The summed E-state index contributed by atoms with van der Waals surface area (Å²) < 4.78 is 4.95. The van der Waals surface area contributed by atoms with Gasteiger partial charge in [0.2, 0.25) is 0 Å². The average Bonchev–Trinajstić information content (AvgIpc) is 2.78. The topological polar surface area (TPSA) is 75.4 Å². The molecule has 0 aromatic carbocycles. The molecule has 0 saturated heterocycles. The van der Waals surface area contributed by atoms with Gasteiger partial charge in [-0.3, -0.25) is 0 Å². The van der Waals surface area contributed by atoms with Crippen molar-refractivity contribution < 1.29 is 14.4 Å². The van der Waals surface area contributed by atoms with Crippen LogP contribution in [0.4, 0.5) is 0 Å². The summed E-state index contributed by atoms with van der Waals surface area (Å²) >= 11 is 0. The lowest BCUT2D eigenvalue weighted by molar-refractivity contribution is 0.0685. The molecular formula is C14H24N2O3. The van der Waals surface area contributed by atoms with Crippen molar-refractivity contribution in [3.63, 3.8) is 0 Å². The number of rotatable bonds is 9. The molecule has 0 unspecified atom stereocenters. The lowest BCUT2D eigenvalue weighted by Crippen LogP contribution is -2.29. The van der Waals surface area contributed by atoms with Gasteiger partial charge in [-0.2, -0.15) is 0 Å². The van der Waals surface area contributed by atoms with Gasteiger partial charge in [-0.15, -0.1) is 0 Å². The second-order valence-electron chi connectivity index (χ2n) is 5.71. The maximum Gasteiger partial charge on any atom is 0.358 e. The minimum Gasteiger partial charge on any atom is -0.476 e. The monoisotopic (exact) mass is 268 g/mol. The van der Waals surface area contributed by atoms with E-state index < -0.39 is 5.97 Å². The molecule has 0 fully saturated rings. The molecule has 19 heavy (non-hydrogen) atoms. The third kappa shape index (κ3) is 5.87. The first-order valence-electron chi connectivity index (χ1n) is 6.84. The fourth-order valence-corrected chi connectivity index (χ4v) is 1.96. The number of nitrogens with one attached hydrogen (secondary N) is 1. The number of carbonyl (C=O) groups is 1. The van der Waals surface area contributed by atoms with Crippen molar-refractivity contribution in [3.05, 3.63) is 17.5 Å². The Labute approximate surface area is 114 Å². The molecule has 0 saturated carbocycles. The van der Waals surface area contributed by atoms with E-state index in [-0.39, 0.29) is 11.1 Å². The fraction of sp³-hybridized carbons (Fsp3) is 0.714. The van der Waals surface area contributed by atoms with E-state index in [9.17, 15) is 4.79 Å². The van der Waals surface area contributed by atoms with E-state index in [1.807, 2.05) is 0 Å². The molecule has 1 heterocycles. The normalized spacial score (nSPS) is 11.7. The molecule has 1 aromatic rings. The summed E-state index contributed by atoms with van der Waals surface area (Å²) in [6, 6.07) is 1.46. The lowest BCUT2D eigenvalue weighted by atomic mass is 9.87. The second-order valence-corrected chi connectivity index (χ2v) is 5.71. The Bertz CT molecular complexity index is 399. The van der Waals surface area contributed by atoms with Gasteiger partial charge in [-0.25, -0.2) is 4.79 Å². The van der Waals surface area contributed by atoms with Gasteiger partial charge in [0.1, 0.15) is 0 Å². The van der Waals surface area contributed by atoms with Crippen LogP contribution in [0.15, 0.2) is 10.6 Å². The van der Waals surface area contributed by atoms with Gasteiger partial charge >= 0.3 is 5.97 Å². The summed E-state index contributed by atoms with van der Waals surface area (Å²) in [5.74, 6) is -0.503. The SMILES string of the molecule is CCCCCC(C)(C)CNCc1cc(C(=O)O)no1. The van der Waals surface area contributed by atoms with E-state index in [1.54, 1.807) is 0 Å². The zero-order chi connectivity index (χ0) is 14.3. The Morgan fingerprint density at radius 1 is 1.47 bits per heavy atom. The van der Waals surface area contributed by atoms with Crippen LogP contribution in [0.1, 0.15) is 62.7 Å². The largest absolute Gasteiger partial charge is 0.476 e. The molecule has 1 aromatic heterocycles. The van der Waals surface area contributed by atoms with Crippen molar-refractivity contribution in [1.29, 1.82) is 0 Å². The maximum atomic E-state index is 10.7. The number of hydrogen-bond acceptors (Lipinski definition) is 4. The summed E-state index contributed by atoms with van der Waals surface area (Å²) in [4.78, 5) is 10.7. The van der Waals surface area contributed by atoms with Crippen molar-refractivity contribution in [3.8, 4) is 0 Å². The van der Waals surface area contributed by atoms with Gasteiger partial charge in [-0.1, -0.05) is 45.2 Å². The molecule has 0 atom stereocenters. The van der Waals surface area contributed by atoms with E-state index in [4.69, 9.17) is 9.63 Å². The minimum absolute atomic E-state index is 0.0426. The molecule has 5 heteroatoms. The number of hydrogen-bond donors (Lipinski definition) is 2. The average molecular weight is 268 g/mol. The third-order valence-electron chi connectivity index (χ3n) is 3.14. The van der Waals surface area contributed by atoms with Crippen LogP contribution in [0.2, 0.25) is 0 Å². The fourth-order valence-electron chi connectivity index (χ4n) is 1.96. The van der Waals surface area contributed by atoms with E-state index >= 15 is 0 Å². The van der Waals surface area contributed by atoms with Crippen molar-refractivity contribution in [2.24, 2.45) is 5.41 Å². The van der Waals surface area contributed by atoms with Gasteiger partial charge in [0.05, 0.1) is 6.54 Å². The smallest absolute Gasteiger partial charge is 0.358 e. The summed E-state index contributed by atoms with van der Waals surface area (Å²) in [7, 11) is 0. The van der Waals surface area contributed by atoms with Crippen LogP contribution in [0.5, 0.6) is 0 Å². The van der Waals surface area contributed by atoms with Crippen molar-refractivity contribution in [2.75, 3.05) is 6.54 Å². The molecule has 0 bridgehead atoms. The Balaban J connectivity index is 2.30. The van der Waals surface area contributed by atoms with Crippen molar-refractivity contribution >= 4 is 5.97 Å². The van der Waals surface area contributed by atoms with Crippen LogP contribution >= 0.6 is 0 Å². The Morgan fingerprint density at radius 2 is 2.21 bits per heavy atom. The van der Waals surface area contributed by atoms with E-state index in [0.717, 1.165) is 6.54 Å². The predicted molar refractivity (Wildman–Crippen MR) is 73.1 cm³/mol. The summed E-state index contributed by atoms with van der Waals surface area (Å²) in [5, 5.41) is 15.5. The van der Waals surface area contributed by atoms with Gasteiger partial charge in [0.15, 0.2) is 11.5 Å². The quantitative estimate of drug-likeness (QED) is 0.673. The highest BCUT2D eigenvalue weighted by atomic mass is 16.5. The van der Waals surface area contributed by atoms with Crippen LogP contribution in [0.3, 0.4) is 0 Å². The molecule has 0 spiro atoms. The van der Waals surface area contributed by atoms with Gasteiger partial charge in [-0.05, 0) is 11.8 Å². The maximum absolute atomic E-state index is 10.7. The van der Waals surface area contributed by atoms with Crippen molar-refractivity contribution in [1.82, 2.24) is 10.5 Å². The molecule has 108 valence electrons. The first kappa shape index (κ1) is 15.7. The Kier molecular flexibility index (Phi) is 6.02. The van der Waals surface area contributed by atoms with Crippen molar-refractivity contribution in [2.45, 2.75) is 53.0 Å². The zero-order valence-corrected chi connectivity index (χ0v) is 12.0. The third-order valence-corrected chi connectivity index (χ3v) is 3.14. The number of aromatic nitrogens is 1. The van der Waals surface area contributed by atoms with Crippen LogP contribution in [0.25, 0.3) is 0 Å². The van der Waals surface area contributed by atoms with Crippen LogP contribution in [0, 0.1) is 5.41 Å². The summed E-state index contributed by atoms with van der Waals surface area (Å²) in [6.45, 7) is 8.06. The molecule has 0 aliphatic rings. The first-order valence-corrected chi connectivity index (χ1v) is 6.84. The predicted octanol–water partition coefficient (Wildman–Crippen LogP) is 3.07. The molecule has 0 radical (unpaired) electrons. The van der Waals surface area contributed by atoms with Crippen LogP contribution < -0.4 is 5.32 Å². The Morgan fingerprint density at radius 3 is 2.79 bits per heavy atom. The summed E-state index contributed by atoms with van der Waals surface area (Å²) in [5.41, 5.74) is 0.198. The van der Waals surface area contributed by atoms with Gasteiger partial charge in [0.25, 0.3) is 0 Å². The number of aromatic carboxylic acids is 1. The second kappa shape index (κ2) is 7.28. The van der Waals surface area contributed by atoms with Gasteiger partial charge in [0, 0.05) is 12.6 Å². The molecule has 5 nitrogen and oxygen atoms in total. The highest BCUT2D eigenvalue weighted by Gasteiger charge is 2.17. The lowest BCUT2D eigenvalue weighted by Gasteiger charge is -2.24. The Hall–Kier alpha value is -1.36. The number of nitrogens with zero attached hydrogens (tertiary/aromatic N) is 1. The first-order chi connectivity index (χ1) is 8.94. The standard InChI is InChI=1S/C14H24N2O3/c1-4-5-6-7-14(2,3)10-15-9-11-8-12(13(17)18)16-19-11/h8,15H,4-7,9-10H2,1-3H3,(H,17,18). The molecule has 0 aliphatic heterocycles. The molecule has 0 aliphatic carbocycles. The van der Waals surface area contributed by atoms with E-state index in [2.05, 4.69) is 31.2 Å². The van der Waals surface area contributed by atoms with E-state index in [0.29, 0.717) is 12.3 Å². The van der Waals surface area contributed by atoms with Crippen LogP contribution in [-0.4, -0.2) is 22.8 Å². The van der Waals surface area contributed by atoms with Crippen LogP contribution in [-0.2, 0) is 6.54 Å². The van der Waals surface area contributed by atoms with E-state index in [1.165, 1.54) is 31.7 Å². The number of unbranched alkanes of at least 4 members (excludes halogenated alkanes) is 2. The zero-order valence-electron chi connectivity index (χ0n) is 12.0. The molecule has 2 N–H and O–H groups in total. The molecule has 0 amide bonds. The summed E-state index contributed by atoms with van der Waals surface area (Å²) in [6.07, 6.45) is 4.94. The number of carboxylic acids is 1. The van der Waals surface area contributed by atoms with Gasteiger partial charge < -0.3 is 14.9 Å². The number of carboxylic acid groups (broad SMARTS) is 1. The molecule has 1 rings (SSSR count). The highest BCUT2D eigenvalue weighted by molar-refractivity contribution is 5.85. The highest BCUT2D eigenvalue weighted by Crippen LogP contribution is 2.22.